The summed E-state index contributed by atoms with van der Waals surface area (Å²) < 4.78 is 13.4. The van der Waals surface area contributed by atoms with Crippen LogP contribution in [0, 0.1) is 0 Å². The topological polar surface area (TPSA) is 135 Å². The number of rotatable bonds is 6. The van der Waals surface area contributed by atoms with Crippen LogP contribution >= 0.6 is 0 Å². The molecule has 0 radical (unpaired) electrons. The third kappa shape index (κ3) is 9.01. The maximum Gasteiger partial charge on any atom is 0.408 e. The first-order valence-corrected chi connectivity index (χ1v) is 19.3. The minimum absolute atomic E-state index is 0.154. The molecule has 4 amide bonds. The molecule has 1 saturated heterocycles. The second-order valence-corrected chi connectivity index (χ2v) is 20.4. The van der Waals surface area contributed by atoms with E-state index in [1.807, 2.05) is 12.1 Å². The fourth-order valence-corrected chi connectivity index (χ4v) is 6.92. The number of urea groups is 1. The molecule has 1 aromatic carbocycles. The number of anilines is 1. The monoisotopic (exact) mass is 668 g/mol. The lowest BCUT2D eigenvalue weighted by Crippen LogP contribution is -2.60. The fourth-order valence-electron chi connectivity index (χ4n) is 5.53. The van der Waals surface area contributed by atoms with Crippen LogP contribution in [0.3, 0.4) is 0 Å². The van der Waals surface area contributed by atoms with E-state index in [1.165, 1.54) is 15.7 Å². The van der Waals surface area contributed by atoms with Gasteiger partial charge in [0.2, 0.25) is 5.91 Å². The summed E-state index contributed by atoms with van der Waals surface area (Å²) in [7, 11) is -1.86. The Bertz CT molecular complexity index is 1550. The molecule has 1 fully saturated rings. The third-order valence-corrected chi connectivity index (χ3v) is 13.7. The Morgan fingerprint density at radius 1 is 0.915 bits per heavy atom. The molecule has 47 heavy (non-hydrogen) atoms. The average molecular weight is 669 g/mol. The van der Waals surface area contributed by atoms with Crippen LogP contribution < -0.4 is 16.3 Å². The van der Waals surface area contributed by atoms with Gasteiger partial charge in [0.15, 0.2) is 8.32 Å². The van der Waals surface area contributed by atoms with E-state index in [0.29, 0.717) is 13.1 Å². The molecule has 13 heteroatoms. The van der Waals surface area contributed by atoms with Crippen molar-refractivity contribution in [2.24, 2.45) is 0 Å². The number of ether oxygens (including phenoxy) is 1. The van der Waals surface area contributed by atoms with Crippen molar-refractivity contribution in [3.05, 3.63) is 52.1 Å². The number of aryl methyl sites for hydroxylation is 1. The van der Waals surface area contributed by atoms with Crippen LogP contribution in [0.25, 0.3) is 5.69 Å². The van der Waals surface area contributed by atoms with Gasteiger partial charge < -0.3 is 24.3 Å². The van der Waals surface area contributed by atoms with Gasteiger partial charge in [0, 0.05) is 38.5 Å². The first-order valence-electron chi connectivity index (χ1n) is 16.4. The van der Waals surface area contributed by atoms with Gasteiger partial charge in [-0.05, 0) is 101 Å². The Balaban J connectivity index is 1.32. The maximum atomic E-state index is 13.1. The average Bonchev–Trinajstić information content (AvgIpc) is 2.94. The van der Waals surface area contributed by atoms with Crippen LogP contribution in [0.4, 0.5) is 15.4 Å². The number of piperazine rings is 1. The molecule has 1 aliphatic heterocycles. The molecule has 1 aliphatic carbocycles. The zero-order valence-corrected chi connectivity index (χ0v) is 30.7. The Morgan fingerprint density at radius 3 is 2.15 bits per heavy atom. The molecule has 0 spiro atoms. The summed E-state index contributed by atoms with van der Waals surface area (Å²) in [5.41, 5.74) is 0.831. The van der Waals surface area contributed by atoms with Crippen molar-refractivity contribution < 1.29 is 23.5 Å². The van der Waals surface area contributed by atoms with Crippen LogP contribution in [0.5, 0.6) is 0 Å². The van der Waals surface area contributed by atoms with Crippen LogP contribution in [-0.2, 0) is 26.8 Å². The highest BCUT2D eigenvalue weighted by atomic mass is 28.4. The van der Waals surface area contributed by atoms with Crippen molar-refractivity contribution in [3.8, 4) is 5.69 Å². The van der Waals surface area contributed by atoms with Gasteiger partial charge in [-0.2, -0.15) is 4.98 Å². The van der Waals surface area contributed by atoms with E-state index in [4.69, 9.17) is 9.16 Å². The number of benzene rings is 1. The quantitative estimate of drug-likeness (QED) is 0.410. The van der Waals surface area contributed by atoms with Crippen molar-refractivity contribution in [3.63, 3.8) is 0 Å². The van der Waals surface area contributed by atoms with Crippen LogP contribution in [-0.4, -0.2) is 89.1 Å². The molecular weight excluding hydrogens is 616 g/mol. The van der Waals surface area contributed by atoms with Crippen LogP contribution in [0.15, 0.2) is 35.3 Å². The van der Waals surface area contributed by atoms with E-state index in [2.05, 4.69) is 55.5 Å². The molecule has 2 aliphatic rings. The number of hydrogen-bond acceptors (Lipinski definition) is 7. The number of nitrogens with zero attached hydrogens (tertiary/aromatic N) is 4. The summed E-state index contributed by atoms with van der Waals surface area (Å²) in [6.07, 6.45) is 3.85. The Morgan fingerprint density at radius 2 is 1.55 bits per heavy atom. The lowest BCUT2D eigenvalue weighted by Gasteiger charge is -2.40. The van der Waals surface area contributed by atoms with Crippen LogP contribution in [0.2, 0.25) is 18.1 Å². The molecule has 4 rings (SSSR count). The minimum Gasteiger partial charge on any atom is -0.444 e. The van der Waals surface area contributed by atoms with Gasteiger partial charge in [0.25, 0.3) is 0 Å². The van der Waals surface area contributed by atoms with E-state index in [9.17, 15) is 19.2 Å². The molecule has 2 N–H and O–H groups in total. The van der Waals surface area contributed by atoms with Crippen molar-refractivity contribution >= 4 is 32.2 Å². The highest BCUT2D eigenvalue weighted by Gasteiger charge is 2.40. The lowest BCUT2D eigenvalue weighted by molar-refractivity contribution is -0.138. The minimum atomic E-state index is -1.86. The van der Waals surface area contributed by atoms with Crippen molar-refractivity contribution in [1.29, 1.82) is 0 Å². The Kier molecular flexibility index (Phi) is 10.3. The summed E-state index contributed by atoms with van der Waals surface area (Å²) in [6, 6.07) is 7.25. The van der Waals surface area contributed by atoms with Crippen molar-refractivity contribution in [1.82, 2.24) is 24.7 Å². The van der Waals surface area contributed by atoms with Gasteiger partial charge in [0.05, 0.1) is 5.69 Å². The predicted molar refractivity (Wildman–Crippen MR) is 185 cm³/mol. The number of hydrogen-bond donors (Lipinski definition) is 2. The van der Waals surface area contributed by atoms with Gasteiger partial charge in [0.1, 0.15) is 17.0 Å². The van der Waals surface area contributed by atoms with Gasteiger partial charge in [-0.3, -0.25) is 14.7 Å². The second-order valence-electron chi connectivity index (χ2n) is 15.6. The summed E-state index contributed by atoms with van der Waals surface area (Å²) in [5.74, 6) is -0.115. The molecule has 1 atom stereocenters. The second kappa shape index (κ2) is 13.4. The largest absolute Gasteiger partial charge is 0.444 e. The number of alkyl carbamates (subject to hydrolysis) is 1. The number of carbonyl (C=O) groups is 3. The summed E-state index contributed by atoms with van der Waals surface area (Å²) in [6.45, 7) is 21.0. The number of amides is 4. The highest BCUT2D eigenvalue weighted by Crippen LogP contribution is 2.39. The molecular formula is C34H52N6O6Si. The molecule has 2 heterocycles. The van der Waals surface area contributed by atoms with E-state index in [-0.39, 0.29) is 36.0 Å². The maximum absolute atomic E-state index is 13.1. The fraction of sp³-hybridized carbons (Fsp3) is 0.618. The summed E-state index contributed by atoms with van der Waals surface area (Å²) in [4.78, 5) is 58.7. The predicted octanol–water partition coefficient (Wildman–Crippen LogP) is 5.09. The first kappa shape index (κ1) is 36.1. The van der Waals surface area contributed by atoms with E-state index in [1.54, 1.807) is 56.7 Å². The van der Waals surface area contributed by atoms with E-state index in [0.717, 1.165) is 24.9 Å². The normalized spacial score (nSPS) is 17.5. The van der Waals surface area contributed by atoms with Crippen LogP contribution in [0.1, 0.15) is 72.9 Å². The summed E-state index contributed by atoms with van der Waals surface area (Å²) >= 11 is 0. The molecule has 0 saturated carbocycles. The van der Waals surface area contributed by atoms with Gasteiger partial charge in [-0.1, -0.05) is 26.8 Å². The van der Waals surface area contributed by atoms with Crippen molar-refractivity contribution in [2.45, 2.75) is 110 Å². The summed E-state index contributed by atoms with van der Waals surface area (Å²) in [5, 5.41) is 5.51. The number of aromatic nitrogens is 2. The molecule has 1 aromatic heterocycles. The number of carbonyl (C=O) groups excluding carboxylic acids is 3. The van der Waals surface area contributed by atoms with Gasteiger partial charge in [-0.15, -0.1) is 0 Å². The van der Waals surface area contributed by atoms with Crippen molar-refractivity contribution in [2.75, 3.05) is 31.5 Å². The number of fused-ring (bicyclic) bond motifs is 1. The smallest absolute Gasteiger partial charge is 0.408 e. The molecule has 2 aromatic rings. The number of nitrogens with one attached hydrogen (secondary N) is 2. The molecule has 258 valence electrons. The SMILES string of the molecule is CC(C)(C)OC(=O)NC(C)(C)C(=O)N1CCN(C(=O)Nc2ccn(-c3ccc4c(c3)CCC(O[Si](C)(C)C(C)(C)C)C4)c(=O)n2)CC1. The van der Waals surface area contributed by atoms with Gasteiger partial charge >= 0.3 is 17.8 Å². The zero-order valence-electron chi connectivity index (χ0n) is 29.7. The third-order valence-electron chi connectivity index (χ3n) is 9.16. The van der Waals surface area contributed by atoms with Gasteiger partial charge in [-0.25, -0.2) is 14.4 Å². The zero-order chi connectivity index (χ0) is 34.9. The van der Waals surface area contributed by atoms with E-state index >= 15 is 0 Å². The van der Waals surface area contributed by atoms with E-state index < -0.39 is 37.3 Å². The standard InChI is InChI=1S/C34H52N6O6Si/c1-32(2,3)45-31(44)37-34(7,8)28(41)38-17-19-39(20-18-38)29(42)35-27-15-16-40(30(43)36-27)25-13-11-24-22-26(14-12-23(24)21-25)46-47(9,10)33(4,5)6/h11,13,15-16,21,26H,12,14,17-20,22H2,1-10H3,(H,37,44)(H,35,36,42,43). The molecule has 0 bridgehead atoms. The lowest BCUT2D eigenvalue weighted by atomic mass is 9.89. The first-order chi connectivity index (χ1) is 21.6. The Labute approximate surface area is 279 Å². The molecule has 1 unspecified atom stereocenters. The Hall–Kier alpha value is -3.71. The molecule has 12 nitrogen and oxygen atoms in total. The highest BCUT2D eigenvalue weighted by molar-refractivity contribution is 6.74.